The van der Waals surface area contributed by atoms with Crippen LogP contribution in [0.15, 0.2) is 58.8 Å². The van der Waals surface area contributed by atoms with Crippen LogP contribution in [-0.4, -0.2) is 10.5 Å². The Balaban J connectivity index is 1.88. The summed E-state index contributed by atoms with van der Waals surface area (Å²) in [5.74, 6) is 0.154. The summed E-state index contributed by atoms with van der Waals surface area (Å²) in [7, 11) is 0. The van der Waals surface area contributed by atoms with Crippen molar-refractivity contribution in [3.05, 3.63) is 65.8 Å². The summed E-state index contributed by atoms with van der Waals surface area (Å²) < 4.78 is 7.13. The zero-order valence-electron chi connectivity index (χ0n) is 14.0. The van der Waals surface area contributed by atoms with Crippen molar-refractivity contribution < 1.29 is 9.21 Å². The van der Waals surface area contributed by atoms with E-state index in [9.17, 15) is 10.1 Å². The predicted molar refractivity (Wildman–Crippen MR) is 96.3 cm³/mol. The lowest BCUT2D eigenvalue weighted by Crippen LogP contribution is -2.23. The van der Waals surface area contributed by atoms with Gasteiger partial charge in [0.05, 0.1) is 25.3 Å². The summed E-state index contributed by atoms with van der Waals surface area (Å²) in [6, 6.07) is 15.3. The molecule has 6 nitrogen and oxygen atoms in total. The molecule has 0 spiro atoms. The van der Waals surface area contributed by atoms with E-state index in [2.05, 4.69) is 11.4 Å². The zero-order valence-corrected chi connectivity index (χ0v) is 14.0. The van der Waals surface area contributed by atoms with E-state index in [0.717, 1.165) is 16.5 Å². The normalized spacial score (nSPS) is 11.1. The molecule has 6 heteroatoms. The quantitative estimate of drug-likeness (QED) is 0.548. The number of carbonyl (C=O) groups is 1. The van der Waals surface area contributed by atoms with Crippen LogP contribution in [0.5, 0.6) is 0 Å². The van der Waals surface area contributed by atoms with Crippen LogP contribution in [0, 0.1) is 22.7 Å². The first-order valence-electron chi connectivity index (χ1n) is 8.10. The number of nitrogens with zero attached hydrogens (tertiary/aromatic N) is 3. The fourth-order valence-corrected chi connectivity index (χ4v) is 2.73. The topological polar surface area (TPSA) is 94.8 Å². The molecule has 0 atom stereocenters. The summed E-state index contributed by atoms with van der Waals surface area (Å²) in [4.78, 5) is 12.3. The number of nitriles is 2. The molecule has 26 heavy (non-hydrogen) atoms. The number of para-hydroxylation sites is 1. The van der Waals surface area contributed by atoms with Crippen LogP contribution >= 0.6 is 0 Å². The first-order chi connectivity index (χ1) is 12.7. The minimum absolute atomic E-state index is 0.0137. The van der Waals surface area contributed by atoms with Crippen LogP contribution in [0.25, 0.3) is 17.0 Å². The average Bonchev–Trinajstić information content (AvgIpc) is 3.30. The van der Waals surface area contributed by atoms with Crippen molar-refractivity contribution in [1.82, 2.24) is 9.88 Å². The molecule has 0 unspecified atom stereocenters. The summed E-state index contributed by atoms with van der Waals surface area (Å²) in [6.07, 6.45) is 5.34. The Morgan fingerprint density at radius 3 is 2.81 bits per heavy atom. The molecule has 0 fully saturated rings. The SMILES string of the molecule is N#CCCn1cc(/C=C(\C#N)C(=O)NCc2ccco2)c2ccccc21. The number of nitrogens with one attached hydrogen (secondary N) is 1. The minimum Gasteiger partial charge on any atom is -0.467 e. The van der Waals surface area contributed by atoms with Crippen LogP contribution in [0.3, 0.4) is 0 Å². The van der Waals surface area contributed by atoms with Crippen molar-refractivity contribution in [2.75, 3.05) is 0 Å². The molecule has 0 saturated carbocycles. The highest BCUT2D eigenvalue weighted by Crippen LogP contribution is 2.24. The molecule has 1 aromatic carbocycles. The van der Waals surface area contributed by atoms with Gasteiger partial charge in [0, 0.05) is 29.2 Å². The molecule has 128 valence electrons. The molecule has 1 amide bonds. The number of furan rings is 1. The number of fused-ring (bicyclic) bond motifs is 1. The maximum atomic E-state index is 12.3. The second-order valence-corrected chi connectivity index (χ2v) is 5.63. The Bertz CT molecular complexity index is 1030. The lowest BCUT2D eigenvalue weighted by molar-refractivity contribution is -0.117. The molecular weight excluding hydrogens is 328 g/mol. The number of aromatic nitrogens is 1. The Morgan fingerprint density at radius 1 is 1.23 bits per heavy atom. The van der Waals surface area contributed by atoms with Gasteiger partial charge in [0.15, 0.2) is 0 Å². The van der Waals surface area contributed by atoms with Gasteiger partial charge in [0.1, 0.15) is 17.4 Å². The highest BCUT2D eigenvalue weighted by atomic mass is 16.3. The Morgan fingerprint density at radius 2 is 2.08 bits per heavy atom. The fourth-order valence-electron chi connectivity index (χ4n) is 2.73. The zero-order chi connectivity index (χ0) is 18.4. The summed E-state index contributed by atoms with van der Waals surface area (Å²) in [5, 5.41) is 21.8. The van der Waals surface area contributed by atoms with Crippen molar-refractivity contribution in [3.63, 3.8) is 0 Å². The van der Waals surface area contributed by atoms with Gasteiger partial charge >= 0.3 is 0 Å². The predicted octanol–water partition coefficient (Wildman–Crippen LogP) is 3.37. The third-order valence-electron chi connectivity index (χ3n) is 3.95. The third kappa shape index (κ3) is 3.66. The Labute approximate surface area is 150 Å². The van der Waals surface area contributed by atoms with Crippen molar-refractivity contribution in [2.45, 2.75) is 19.5 Å². The molecule has 3 aromatic rings. The van der Waals surface area contributed by atoms with Gasteiger partial charge in [-0.3, -0.25) is 4.79 Å². The van der Waals surface area contributed by atoms with Gasteiger partial charge in [0.2, 0.25) is 0 Å². The molecule has 0 aliphatic heterocycles. The number of aryl methyl sites for hydroxylation is 1. The lowest BCUT2D eigenvalue weighted by atomic mass is 10.1. The van der Waals surface area contributed by atoms with Crippen molar-refractivity contribution >= 4 is 22.9 Å². The Hall–Kier alpha value is -3.77. The molecule has 1 N–H and O–H groups in total. The first kappa shape index (κ1) is 17.1. The molecule has 0 aliphatic carbocycles. The number of benzene rings is 1. The van der Waals surface area contributed by atoms with E-state index in [1.807, 2.05) is 41.1 Å². The summed E-state index contributed by atoms with van der Waals surface area (Å²) in [6.45, 7) is 0.770. The van der Waals surface area contributed by atoms with Gasteiger partial charge in [0.25, 0.3) is 5.91 Å². The van der Waals surface area contributed by atoms with E-state index in [-0.39, 0.29) is 12.1 Å². The largest absolute Gasteiger partial charge is 0.467 e. The highest BCUT2D eigenvalue weighted by Gasteiger charge is 2.12. The van der Waals surface area contributed by atoms with E-state index >= 15 is 0 Å². The maximum Gasteiger partial charge on any atom is 0.262 e. The van der Waals surface area contributed by atoms with Gasteiger partial charge in [-0.15, -0.1) is 0 Å². The van der Waals surface area contributed by atoms with Gasteiger partial charge in [-0.25, -0.2) is 0 Å². The standard InChI is InChI=1S/C20H16N4O2/c21-8-4-9-24-14-16(18-6-1-2-7-19(18)24)11-15(12-22)20(25)23-13-17-5-3-10-26-17/h1-3,5-7,10-11,14H,4,9,13H2,(H,23,25)/b15-11+. The molecule has 2 heterocycles. The Kier molecular flexibility index (Phi) is 5.16. The molecule has 0 saturated heterocycles. The van der Waals surface area contributed by atoms with Crippen LogP contribution < -0.4 is 5.32 Å². The number of amides is 1. The summed E-state index contributed by atoms with van der Waals surface area (Å²) >= 11 is 0. The second-order valence-electron chi connectivity index (χ2n) is 5.63. The van der Waals surface area contributed by atoms with E-state index < -0.39 is 5.91 Å². The monoisotopic (exact) mass is 344 g/mol. The molecule has 0 radical (unpaired) electrons. The number of carbonyl (C=O) groups excluding carboxylic acids is 1. The van der Waals surface area contributed by atoms with Crippen molar-refractivity contribution in [2.24, 2.45) is 0 Å². The van der Waals surface area contributed by atoms with E-state index in [4.69, 9.17) is 9.68 Å². The molecule has 2 aromatic heterocycles. The molecule has 3 rings (SSSR count). The molecule has 0 aliphatic rings. The minimum atomic E-state index is -0.460. The van der Waals surface area contributed by atoms with Gasteiger partial charge in [-0.2, -0.15) is 10.5 Å². The van der Waals surface area contributed by atoms with E-state index in [1.165, 1.54) is 6.26 Å². The van der Waals surface area contributed by atoms with Crippen LogP contribution in [0.2, 0.25) is 0 Å². The third-order valence-corrected chi connectivity index (χ3v) is 3.95. The van der Waals surface area contributed by atoms with Crippen LogP contribution in [-0.2, 0) is 17.9 Å². The van der Waals surface area contributed by atoms with Crippen molar-refractivity contribution in [1.29, 1.82) is 10.5 Å². The smallest absolute Gasteiger partial charge is 0.262 e. The van der Waals surface area contributed by atoms with Gasteiger partial charge < -0.3 is 14.3 Å². The van der Waals surface area contributed by atoms with Gasteiger partial charge in [-0.05, 0) is 24.3 Å². The number of hydrogen-bond donors (Lipinski definition) is 1. The second kappa shape index (κ2) is 7.87. The summed E-state index contributed by atoms with van der Waals surface area (Å²) in [5.41, 5.74) is 1.74. The van der Waals surface area contributed by atoms with Crippen LogP contribution in [0.4, 0.5) is 0 Å². The van der Waals surface area contributed by atoms with Crippen LogP contribution in [0.1, 0.15) is 17.7 Å². The fraction of sp³-hybridized carbons (Fsp3) is 0.150. The molecule has 0 bridgehead atoms. The van der Waals surface area contributed by atoms with E-state index in [1.54, 1.807) is 18.2 Å². The van der Waals surface area contributed by atoms with E-state index in [0.29, 0.717) is 18.7 Å². The maximum absolute atomic E-state index is 12.3. The lowest BCUT2D eigenvalue weighted by Gasteiger charge is -2.01. The first-order valence-corrected chi connectivity index (χ1v) is 8.10. The highest BCUT2D eigenvalue weighted by molar-refractivity contribution is 6.04. The van der Waals surface area contributed by atoms with Gasteiger partial charge in [-0.1, -0.05) is 18.2 Å². The van der Waals surface area contributed by atoms with Crippen molar-refractivity contribution in [3.8, 4) is 12.1 Å². The average molecular weight is 344 g/mol. The molecular formula is C20H16N4O2. The number of hydrogen-bond acceptors (Lipinski definition) is 4. The number of rotatable bonds is 6.